The van der Waals surface area contributed by atoms with Crippen LogP contribution >= 0.6 is 0 Å². The van der Waals surface area contributed by atoms with Crippen LogP contribution in [0, 0.1) is 0 Å². The monoisotopic (exact) mass is 268 g/mol. The number of para-hydroxylation sites is 3. The van der Waals surface area contributed by atoms with E-state index in [9.17, 15) is 0 Å². The number of nitrogens with two attached hydrogens (primary N) is 1. The van der Waals surface area contributed by atoms with Crippen LogP contribution in [0.25, 0.3) is 0 Å². The van der Waals surface area contributed by atoms with Gasteiger partial charge in [-0.05, 0) is 31.0 Å². The van der Waals surface area contributed by atoms with Crippen LogP contribution in [0.15, 0.2) is 42.5 Å². The summed E-state index contributed by atoms with van der Waals surface area (Å²) in [4.78, 5) is 0. The van der Waals surface area contributed by atoms with E-state index in [1.54, 1.807) is 0 Å². The Kier molecular flexibility index (Phi) is 3.14. The first-order chi connectivity index (χ1) is 9.68. The molecule has 0 radical (unpaired) electrons. The van der Waals surface area contributed by atoms with E-state index in [0.29, 0.717) is 0 Å². The van der Waals surface area contributed by atoms with Gasteiger partial charge in [-0.3, -0.25) is 0 Å². The predicted molar refractivity (Wildman–Crippen MR) is 82.7 cm³/mol. The minimum Gasteiger partial charge on any atom is -0.453 e. The molecule has 0 aromatic heterocycles. The second-order valence-electron chi connectivity index (χ2n) is 5.27. The van der Waals surface area contributed by atoms with Gasteiger partial charge in [0.1, 0.15) is 0 Å². The first-order valence-corrected chi connectivity index (χ1v) is 7.14. The van der Waals surface area contributed by atoms with E-state index in [0.717, 1.165) is 41.3 Å². The summed E-state index contributed by atoms with van der Waals surface area (Å²) < 4.78 is 6.12. The summed E-state index contributed by atoms with van der Waals surface area (Å²) in [6, 6.07) is 14.1. The van der Waals surface area contributed by atoms with Gasteiger partial charge in [-0.2, -0.15) is 0 Å². The van der Waals surface area contributed by atoms with E-state index in [1.165, 1.54) is 0 Å². The smallest absolute Gasteiger partial charge is 0.156 e. The van der Waals surface area contributed by atoms with E-state index >= 15 is 0 Å². The lowest BCUT2D eigenvalue weighted by Crippen LogP contribution is -2.35. The molecule has 0 spiro atoms. The molecule has 3 nitrogen and oxygen atoms in total. The lowest BCUT2D eigenvalue weighted by atomic mass is 9.84. The Morgan fingerprint density at radius 3 is 2.45 bits per heavy atom. The Labute approximate surface area is 119 Å². The van der Waals surface area contributed by atoms with E-state index in [4.69, 9.17) is 10.5 Å². The maximum absolute atomic E-state index is 6.55. The number of ether oxygens (including phenoxy) is 1. The molecule has 0 atom stereocenters. The van der Waals surface area contributed by atoms with Crippen LogP contribution in [0.3, 0.4) is 0 Å². The fraction of sp³-hybridized carbons (Fsp3) is 0.294. The third-order valence-electron chi connectivity index (χ3n) is 4.18. The van der Waals surface area contributed by atoms with Crippen LogP contribution < -0.4 is 15.8 Å². The second kappa shape index (κ2) is 4.84. The summed E-state index contributed by atoms with van der Waals surface area (Å²) in [5.41, 5.74) is 9.26. The van der Waals surface area contributed by atoms with E-state index in [-0.39, 0.29) is 5.54 Å². The largest absolute Gasteiger partial charge is 0.453 e. The average molecular weight is 268 g/mol. The molecular formula is C17H20N2O. The maximum atomic E-state index is 6.55. The maximum Gasteiger partial charge on any atom is 0.156 e. The van der Waals surface area contributed by atoms with Crippen molar-refractivity contribution in [3.8, 4) is 11.5 Å². The molecule has 1 aliphatic heterocycles. The van der Waals surface area contributed by atoms with Gasteiger partial charge in [0.25, 0.3) is 0 Å². The molecule has 104 valence electrons. The summed E-state index contributed by atoms with van der Waals surface area (Å²) in [7, 11) is 0. The molecule has 20 heavy (non-hydrogen) atoms. The van der Waals surface area contributed by atoms with E-state index < -0.39 is 0 Å². The molecule has 0 saturated carbocycles. The number of rotatable bonds is 3. The van der Waals surface area contributed by atoms with Crippen LogP contribution in [0.2, 0.25) is 0 Å². The third kappa shape index (κ3) is 1.95. The minimum absolute atomic E-state index is 0.348. The molecule has 3 N–H and O–H groups in total. The molecule has 2 aromatic rings. The van der Waals surface area contributed by atoms with Crippen molar-refractivity contribution in [1.29, 1.82) is 0 Å². The van der Waals surface area contributed by atoms with Gasteiger partial charge in [-0.15, -0.1) is 0 Å². The highest BCUT2D eigenvalue weighted by molar-refractivity contribution is 5.77. The highest BCUT2D eigenvalue weighted by Crippen LogP contribution is 2.46. The lowest BCUT2D eigenvalue weighted by molar-refractivity contribution is 0.385. The zero-order valence-electron chi connectivity index (χ0n) is 11.9. The number of benzene rings is 2. The van der Waals surface area contributed by atoms with E-state index in [2.05, 4.69) is 25.2 Å². The SMILES string of the molecule is CCC(N)(CC)c1cccc2c1Oc1ccccc1N2. The topological polar surface area (TPSA) is 47.3 Å². The molecule has 3 heteroatoms. The minimum atomic E-state index is -0.348. The molecule has 1 heterocycles. The fourth-order valence-electron chi connectivity index (χ4n) is 2.68. The normalized spacial score (nSPS) is 12.9. The van der Waals surface area contributed by atoms with Crippen molar-refractivity contribution in [1.82, 2.24) is 0 Å². The molecule has 0 saturated heterocycles. The van der Waals surface area contributed by atoms with Crippen LogP contribution in [-0.2, 0) is 5.54 Å². The van der Waals surface area contributed by atoms with Crippen molar-refractivity contribution in [2.24, 2.45) is 5.73 Å². The predicted octanol–water partition coefficient (Wildman–Crippen LogP) is 4.51. The van der Waals surface area contributed by atoms with Crippen LogP contribution in [0.4, 0.5) is 11.4 Å². The second-order valence-corrected chi connectivity index (χ2v) is 5.27. The molecule has 0 aliphatic carbocycles. The van der Waals surface area contributed by atoms with Gasteiger partial charge >= 0.3 is 0 Å². The van der Waals surface area contributed by atoms with Crippen LogP contribution in [-0.4, -0.2) is 0 Å². The number of hydrogen-bond donors (Lipinski definition) is 2. The van der Waals surface area contributed by atoms with Gasteiger partial charge in [0.05, 0.1) is 11.4 Å². The number of hydrogen-bond acceptors (Lipinski definition) is 3. The molecule has 0 fully saturated rings. The number of nitrogens with one attached hydrogen (secondary N) is 1. The highest BCUT2D eigenvalue weighted by Gasteiger charge is 2.30. The highest BCUT2D eigenvalue weighted by atomic mass is 16.5. The quantitative estimate of drug-likeness (QED) is 0.734. The van der Waals surface area contributed by atoms with Crippen molar-refractivity contribution < 1.29 is 4.74 Å². The zero-order chi connectivity index (χ0) is 14.2. The molecular weight excluding hydrogens is 248 g/mol. The zero-order valence-corrected chi connectivity index (χ0v) is 11.9. The van der Waals surface area contributed by atoms with Crippen molar-refractivity contribution in [2.75, 3.05) is 5.32 Å². The van der Waals surface area contributed by atoms with Gasteiger partial charge in [0.2, 0.25) is 0 Å². The Hall–Kier alpha value is -2.00. The van der Waals surface area contributed by atoms with Crippen LogP contribution in [0.1, 0.15) is 32.3 Å². The molecule has 0 unspecified atom stereocenters. The molecule has 0 amide bonds. The fourth-order valence-corrected chi connectivity index (χ4v) is 2.68. The molecule has 2 aromatic carbocycles. The van der Waals surface area contributed by atoms with Gasteiger partial charge in [-0.25, -0.2) is 0 Å². The summed E-state index contributed by atoms with van der Waals surface area (Å²) in [5, 5.41) is 3.42. The van der Waals surface area contributed by atoms with Crippen molar-refractivity contribution in [3.63, 3.8) is 0 Å². The Morgan fingerprint density at radius 1 is 1.00 bits per heavy atom. The van der Waals surface area contributed by atoms with Crippen molar-refractivity contribution >= 4 is 11.4 Å². The first-order valence-electron chi connectivity index (χ1n) is 7.14. The number of anilines is 2. The molecule has 0 bridgehead atoms. The Bertz CT molecular complexity index is 633. The van der Waals surface area contributed by atoms with Gasteiger partial charge in [0.15, 0.2) is 11.5 Å². The summed E-state index contributed by atoms with van der Waals surface area (Å²) >= 11 is 0. The van der Waals surface area contributed by atoms with Gasteiger partial charge in [-0.1, -0.05) is 38.1 Å². The average Bonchev–Trinajstić information content (AvgIpc) is 2.51. The Balaban J connectivity index is 2.11. The lowest BCUT2D eigenvalue weighted by Gasteiger charge is -2.32. The molecule has 1 aliphatic rings. The standard InChI is InChI=1S/C17H20N2O/c1-3-17(18,4-2)12-8-7-10-14-16(12)20-15-11-6-5-9-13(15)19-14/h5-11,19H,3-4,18H2,1-2H3. The summed E-state index contributed by atoms with van der Waals surface area (Å²) in [6.07, 6.45) is 1.76. The summed E-state index contributed by atoms with van der Waals surface area (Å²) in [5.74, 6) is 1.71. The third-order valence-corrected chi connectivity index (χ3v) is 4.18. The van der Waals surface area contributed by atoms with E-state index in [1.807, 2.05) is 36.4 Å². The Morgan fingerprint density at radius 2 is 1.70 bits per heavy atom. The first kappa shape index (κ1) is 13.0. The summed E-state index contributed by atoms with van der Waals surface area (Å²) in [6.45, 7) is 4.24. The number of fused-ring (bicyclic) bond motifs is 2. The van der Waals surface area contributed by atoms with Gasteiger partial charge < -0.3 is 15.8 Å². The van der Waals surface area contributed by atoms with Crippen molar-refractivity contribution in [2.45, 2.75) is 32.2 Å². The van der Waals surface area contributed by atoms with Crippen molar-refractivity contribution in [3.05, 3.63) is 48.0 Å². The van der Waals surface area contributed by atoms with Gasteiger partial charge in [0, 0.05) is 11.1 Å². The van der Waals surface area contributed by atoms with Crippen LogP contribution in [0.5, 0.6) is 11.5 Å². The molecule has 3 rings (SSSR count).